The lowest BCUT2D eigenvalue weighted by atomic mass is 10.1. The van der Waals surface area contributed by atoms with Gasteiger partial charge >= 0.3 is 0 Å². The lowest BCUT2D eigenvalue weighted by Gasteiger charge is -2.12. The molecule has 0 amide bonds. The second-order valence-corrected chi connectivity index (χ2v) is 6.82. The Morgan fingerprint density at radius 2 is 1.92 bits per heavy atom. The Balaban J connectivity index is 1.77. The largest absolute Gasteiger partial charge is 0.344 e. The number of benzene rings is 2. The Bertz CT molecular complexity index is 851. The Morgan fingerprint density at radius 3 is 2.75 bits per heavy atom. The molecule has 4 rings (SSSR count). The number of nitrogens with zero attached hydrogens (tertiary/aromatic N) is 2. The highest BCUT2D eigenvalue weighted by molar-refractivity contribution is 5.85. The van der Waals surface area contributed by atoms with Crippen LogP contribution in [0, 0.1) is 5.82 Å². The second kappa shape index (κ2) is 6.40. The van der Waals surface area contributed by atoms with Gasteiger partial charge in [-0.1, -0.05) is 30.3 Å². The van der Waals surface area contributed by atoms with Crippen molar-refractivity contribution in [3.8, 4) is 0 Å². The highest BCUT2D eigenvalue weighted by atomic mass is 19.1. The zero-order valence-electron chi connectivity index (χ0n) is 14.1. The maximum atomic E-state index is 13.8. The summed E-state index contributed by atoms with van der Waals surface area (Å²) < 4.78 is 16.3. The van der Waals surface area contributed by atoms with Gasteiger partial charge in [-0.3, -0.25) is 0 Å². The molecule has 0 unspecified atom stereocenters. The van der Waals surface area contributed by atoms with Crippen LogP contribution in [0.2, 0.25) is 0 Å². The van der Waals surface area contributed by atoms with E-state index < -0.39 is 0 Å². The third-order valence-corrected chi connectivity index (χ3v) is 5.10. The first-order valence-corrected chi connectivity index (χ1v) is 8.74. The summed E-state index contributed by atoms with van der Waals surface area (Å²) in [5.41, 5.74) is 5.24. The Labute approximate surface area is 142 Å². The third kappa shape index (κ3) is 2.84. The molecule has 0 saturated carbocycles. The summed E-state index contributed by atoms with van der Waals surface area (Å²) in [6.45, 7) is 2.96. The van der Waals surface area contributed by atoms with Crippen LogP contribution >= 0.6 is 0 Å². The first kappa shape index (κ1) is 15.4. The number of hydrogen-bond acceptors (Lipinski definition) is 1. The van der Waals surface area contributed by atoms with Crippen LogP contribution in [0.4, 0.5) is 4.39 Å². The van der Waals surface area contributed by atoms with Crippen molar-refractivity contribution < 1.29 is 4.39 Å². The third-order valence-electron chi connectivity index (χ3n) is 5.10. The molecule has 3 aromatic rings. The number of halogens is 1. The summed E-state index contributed by atoms with van der Waals surface area (Å²) >= 11 is 0. The smallest absolute Gasteiger partial charge is 0.123 e. The van der Waals surface area contributed by atoms with Gasteiger partial charge in [0, 0.05) is 29.7 Å². The standard InChI is InChI=1S/C21H23FN2/c1-23-12-5-8-20-19(15-23)18-14-17(22)9-10-21(18)24(20)13-11-16-6-3-2-4-7-16/h2-4,6-7,9-10,14H,5,8,11-13,15H2,1H3. The van der Waals surface area contributed by atoms with Crippen molar-refractivity contribution in [1.29, 1.82) is 0 Å². The summed E-state index contributed by atoms with van der Waals surface area (Å²) in [4.78, 5) is 2.34. The molecular weight excluding hydrogens is 299 g/mol. The average Bonchev–Trinajstić information content (AvgIpc) is 2.73. The van der Waals surface area contributed by atoms with Crippen LogP contribution in [-0.4, -0.2) is 23.1 Å². The van der Waals surface area contributed by atoms with E-state index in [1.807, 2.05) is 6.07 Å². The summed E-state index contributed by atoms with van der Waals surface area (Å²) in [5, 5.41) is 1.09. The number of aromatic nitrogens is 1. The summed E-state index contributed by atoms with van der Waals surface area (Å²) in [7, 11) is 2.15. The molecule has 0 radical (unpaired) electrons. The zero-order valence-corrected chi connectivity index (χ0v) is 14.1. The van der Waals surface area contributed by atoms with Crippen LogP contribution in [-0.2, 0) is 25.9 Å². The highest BCUT2D eigenvalue weighted by Gasteiger charge is 2.21. The number of aryl methyl sites for hydroxylation is 2. The van der Waals surface area contributed by atoms with Gasteiger partial charge in [-0.15, -0.1) is 0 Å². The van der Waals surface area contributed by atoms with E-state index in [4.69, 9.17) is 0 Å². The van der Waals surface area contributed by atoms with Gasteiger partial charge in [-0.05, 0) is 62.2 Å². The molecule has 0 saturated heterocycles. The van der Waals surface area contributed by atoms with Crippen molar-refractivity contribution in [3.63, 3.8) is 0 Å². The van der Waals surface area contributed by atoms with Gasteiger partial charge in [0.25, 0.3) is 0 Å². The van der Waals surface area contributed by atoms with E-state index in [0.29, 0.717) is 0 Å². The highest BCUT2D eigenvalue weighted by Crippen LogP contribution is 2.31. The zero-order chi connectivity index (χ0) is 16.5. The molecule has 0 atom stereocenters. The van der Waals surface area contributed by atoms with E-state index in [0.717, 1.165) is 44.3 Å². The lowest BCUT2D eigenvalue weighted by Crippen LogP contribution is -2.17. The first-order chi connectivity index (χ1) is 11.7. The molecule has 2 nitrogen and oxygen atoms in total. The fourth-order valence-corrected chi connectivity index (χ4v) is 3.92. The Morgan fingerprint density at radius 1 is 1.08 bits per heavy atom. The van der Waals surface area contributed by atoms with E-state index in [1.54, 1.807) is 12.1 Å². The van der Waals surface area contributed by atoms with Crippen molar-refractivity contribution in [2.45, 2.75) is 32.4 Å². The van der Waals surface area contributed by atoms with Gasteiger partial charge in [-0.25, -0.2) is 4.39 Å². The minimum Gasteiger partial charge on any atom is -0.344 e. The van der Waals surface area contributed by atoms with Gasteiger partial charge < -0.3 is 9.47 Å². The Hall–Kier alpha value is -2.13. The molecule has 0 fully saturated rings. The van der Waals surface area contributed by atoms with Gasteiger partial charge in [-0.2, -0.15) is 0 Å². The van der Waals surface area contributed by atoms with E-state index in [-0.39, 0.29) is 5.82 Å². The molecular formula is C21H23FN2. The SMILES string of the molecule is CN1CCCc2c(c3cc(F)ccc3n2CCc2ccccc2)C1. The van der Waals surface area contributed by atoms with Crippen LogP contribution < -0.4 is 0 Å². The van der Waals surface area contributed by atoms with Gasteiger partial charge in [0.15, 0.2) is 0 Å². The molecule has 0 bridgehead atoms. The number of hydrogen-bond donors (Lipinski definition) is 0. The topological polar surface area (TPSA) is 8.17 Å². The summed E-state index contributed by atoms with van der Waals surface area (Å²) in [6.07, 6.45) is 3.24. The number of rotatable bonds is 3. The van der Waals surface area contributed by atoms with Crippen LogP contribution in [0.3, 0.4) is 0 Å². The van der Waals surface area contributed by atoms with Crippen molar-refractivity contribution in [3.05, 3.63) is 71.2 Å². The molecule has 124 valence electrons. The van der Waals surface area contributed by atoms with Crippen molar-refractivity contribution in [2.75, 3.05) is 13.6 Å². The van der Waals surface area contributed by atoms with E-state index >= 15 is 0 Å². The fourth-order valence-electron chi connectivity index (χ4n) is 3.92. The molecule has 1 aromatic heterocycles. The maximum Gasteiger partial charge on any atom is 0.123 e. The molecule has 2 aromatic carbocycles. The van der Waals surface area contributed by atoms with Crippen LogP contribution in [0.5, 0.6) is 0 Å². The lowest BCUT2D eigenvalue weighted by molar-refractivity contribution is 0.333. The maximum absolute atomic E-state index is 13.8. The molecule has 1 aliphatic heterocycles. The molecule has 1 aliphatic rings. The van der Waals surface area contributed by atoms with Crippen molar-refractivity contribution >= 4 is 10.9 Å². The predicted molar refractivity (Wildman–Crippen MR) is 96.7 cm³/mol. The predicted octanol–water partition coefficient (Wildman–Crippen LogP) is 4.40. The molecule has 0 N–H and O–H groups in total. The van der Waals surface area contributed by atoms with Crippen molar-refractivity contribution in [1.82, 2.24) is 9.47 Å². The van der Waals surface area contributed by atoms with E-state index in [1.165, 1.54) is 22.3 Å². The molecule has 2 heterocycles. The summed E-state index contributed by atoms with van der Waals surface area (Å²) in [6, 6.07) is 15.8. The van der Waals surface area contributed by atoms with Gasteiger partial charge in [0.2, 0.25) is 0 Å². The average molecular weight is 322 g/mol. The van der Waals surface area contributed by atoms with E-state index in [9.17, 15) is 4.39 Å². The second-order valence-electron chi connectivity index (χ2n) is 6.82. The monoisotopic (exact) mass is 322 g/mol. The van der Waals surface area contributed by atoms with Crippen LogP contribution in [0.15, 0.2) is 48.5 Å². The fraction of sp³-hybridized carbons (Fsp3) is 0.333. The molecule has 0 spiro atoms. The molecule has 3 heteroatoms. The minimum absolute atomic E-state index is 0.141. The van der Waals surface area contributed by atoms with Crippen molar-refractivity contribution in [2.24, 2.45) is 0 Å². The van der Waals surface area contributed by atoms with E-state index in [2.05, 4.69) is 46.8 Å². The van der Waals surface area contributed by atoms with Crippen LogP contribution in [0.1, 0.15) is 23.2 Å². The molecule has 24 heavy (non-hydrogen) atoms. The first-order valence-electron chi connectivity index (χ1n) is 8.74. The Kier molecular flexibility index (Phi) is 4.11. The quantitative estimate of drug-likeness (QED) is 0.694. The molecule has 0 aliphatic carbocycles. The number of fused-ring (bicyclic) bond motifs is 3. The van der Waals surface area contributed by atoms with Gasteiger partial charge in [0.1, 0.15) is 5.82 Å². The normalized spacial score (nSPS) is 15.4. The minimum atomic E-state index is -0.141. The van der Waals surface area contributed by atoms with Gasteiger partial charge in [0.05, 0.1) is 0 Å². The van der Waals surface area contributed by atoms with Crippen LogP contribution in [0.25, 0.3) is 10.9 Å². The summed E-state index contributed by atoms with van der Waals surface area (Å²) in [5.74, 6) is -0.141.